The maximum Gasteiger partial charge on any atom is 0.339 e. The van der Waals surface area contributed by atoms with E-state index < -0.39 is 5.97 Å². The molecule has 3 rings (SSSR count). The molecule has 0 atom stereocenters. The van der Waals surface area contributed by atoms with E-state index in [1.807, 2.05) is 0 Å². The van der Waals surface area contributed by atoms with Gasteiger partial charge in [-0.3, -0.25) is 0 Å². The fourth-order valence-electron chi connectivity index (χ4n) is 2.09. The van der Waals surface area contributed by atoms with Crippen molar-refractivity contribution in [1.82, 2.24) is 19.9 Å². The van der Waals surface area contributed by atoms with Crippen molar-refractivity contribution in [3.05, 3.63) is 30.1 Å². The van der Waals surface area contributed by atoms with Gasteiger partial charge in [0.2, 0.25) is 5.95 Å². The van der Waals surface area contributed by atoms with Crippen LogP contribution in [0, 0.1) is 0 Å². The smallest absolute Gasteiger partial charge is 0.339 e. The van der Waals surface area contributed by atoms with Gasteiger partial charge in [-0.2, -0.15) is 4.98 Å². The van der Waals surface area contributed by atoms with Crippen LogP contribution in [0.1, 0.15) is 10.4 Å². The Balaban J connectivity index is 1.62. The van der Waals surface area contributed by atoms with E-state index in [4.69, 9.17) is 10.8 Å². The number of nitrogen functional groups attached to an aromatic ring is 1. The highest BCUT2D eigenvalue weighted by Gasteiger charge is 2.11. The number of aromatic amines is 1. The van der Waals surface area contributed by atoms with Crippen molar-refractivity contribution < 1.29 is 15.0 Å². The number of carbonyl (C=O) groups is 1. The molecule has 0 fully saturated rings. The number of carboxylic acid groups (broad SMARTS) is 1. The van der Waals surface area contributed by atoms with E-state index in [-0.39, 0.29) is 17.3 Å². The van der Waals surface area contributed by atoms with Gasteiger partial charge in [0.25, 0.3) is 0 Å². The zero-order valence-electron chi connectivity index (χ0n) is 12.4. The van der Waals surface area contributed by atoms with Crippen LogP contribution in [-0.2, 0) is 0 Å². The predicted octanol–water partition coefficient (Wildman–Crippen LogP) is 1.54. The van der Waals surface area contributed by atoms with Gasteiger partial charge in [0.05, 0.1) is 6.33 Å². The minimum atomic E-state index is -1.18. The molecule has 1 aromatic carbocycles. The fourth-order valence-corrected chi connectivity index (χ4v) is 2.94. The second-order valence-corrected chi connectivity index (χ2v) is 5.88. The number of fused-ring (bicyclic) bond motifs is 1. The zero-order valence-corrected chi connectivity index (χ0v) is 13.2. The molecular formula is C14H14N6O3S. The molecule has 2 aromatic heterocycles. The summed E-state index contributed by atoms with van der Waals surface area (Å²) in [7, 11) is 0. The Bertz CT molecular complexity index is 897. The van der Waals surface area contributed by atoms with Crippen LogP contribution in [0.4, 0.5) is 11.6 Å². The van der Waals surface area contributed by atoms with E-state index in [0.29, 0.717) is 28.7 Å². The first-order valence-corrected chi connectivity index (χ1v) is 7.92. The van der Waals surface area contributed by atoms with E-state index in [9.17, 15) is 9.90 Å². The van der Waals surface area contributed by atoms with Crippen molar-refractivity contribution in [1.29, 1.82) is 0 Å². The number of aromatic hydroxyl groups is 1. The number of hydrogen-bond donors (Lipinski definition) is 5. The number of benzene rings is 1. The molecule has 0 radical (unpaired) electrons. The van der Waals surface area contributed by atoms with Gasteiger partial charge in [0.15, 0.2) is 5.65 Å². The number of rotatable bonds is 6. The molecule has 124 valence electrons. The average Bonchev–Trinajstić information content (AvgIpc) is 3.00. The molecule has 0 saturated carbocycles. The van der Waals surface area contributed by atoms with E-state index >= 15 is 0 Å². The lowest BCUT2D eigenvalue weighted by Gasteiger charge is -2.08. The molecule has 0 unspecified atom stereocenters. The molecule has 0 bridgehead atoms. The first-order chi connectivity index (χ1) is 11.5. The number of thioether (sulfide) groups is 1. The quantitative estimate of drug-likeness (QED) is 0.194. The number of imidazole rings is 1. The molecule has 0 spiro atoms. The van der Waals surface area contributed by atoms with Crippen LogP contribution in [0.15, 0.2) is 29.6 Å². The highest BCUT2D eigenvalue weighted by molar-refractivity contribution is 7.99. The summed E-state index contributed by atoms with van der Waals surface area (Å²) < 4.78 is 0. The van der Waals surface area contributed by atoms with Crippen molar-refractivity contribution >= 4 is 40.5 Å². The van der Waals surface area contributed by atoms with Gasteiger partial charge in [-0.05, 0) is 18.2 Å². The van der Waals surface area contributed by atoms with Gasteiger partial charge in [-0.1, -0.05) is 0 Å². The number of nitrogens with one attached hydrogen (secondary N) is 2. The molecular weight excluding hydrogens is 332 g/mol. The van der Waals surface area contributed by atoms with E-state index in [1.165, 1.54) is 30.2 Å². The summed E-state index contributed by atoms with van der Waals surface area (Å²) in [6.45, 7) is 0.564. The third kappa shape index (κ3) is 3.33. The predicted molar refractivity (Wildman–Crippen MR) is 90.4 cm³/mol. The summed E-state index contributed by atoms with van der Waals surface area (Å²) >= 11 is 1.47. The minimum Gasteiger partial charge on any atom is -0.507 e. The van der Waals surface area contributed by atoms with Crippen LogP contribution >= 0.6 is 11.8 Å². The lowest BCUT2D eigenvalue weighted by atomic mass is 10.2. The van der Waals surface area contributed by atoms with Crippen molar-refractivity contribution in [2.75, 3.05) is 23.3 Å². The van der Waals surface area contributed by atoms with Crippen LogP contribution in [-0.4, -0.2) is 48.4 Å². The molecule has 24 heavy (non-hydrogen) atoms. The van der Waals surface area contributed by atoms with Gasteiger partial charge in [0.1, 0.15) is 21.9 Å². The van der Waals surface area contributed by atoms with E-state index in [2.05, 4.69) is 25.3 Å². The number of hydrogen-bond acceptors (Lipinski definition) is 8. The third-order valence-electron chi connectivity index (χ3n) is 3.17. The standard InChI is InChI=1S/C14H14N6O3S/c15-14-19-11-10(17-6-18-11)12(20-14)24-4-3-16-7-1-2-9(21)8(5-7)13(22)23/h1-2,5-6,16,21H,3-4H2,(H,22,23)(H3,15,17,18,19,20). The minimum absolute atomic E-state index is 0.143. The summed E-state index contributed by atoms with van der Waals surface area (Å²) in [6, 6.07) is 4.35. The number of anilines is 2. The summed E-state index contributed by atoms with van der Waals surface area (Å²) in [4.78, 5) is 26.2. The molecule has 0 saturated heterocycles. The molecule has 3 aromatic rings. The van der Waals surface area contributed by atoms with Crippen molar-refractivity contribution in [3.8, 4) is 5.75 Å². The molecule has 6 N–H and O–H groups in total. The van der Waals surface area contributed by atoms with Gasteiger partial charge in [0, 0.05) is 18.0 Å². The molecule has 0 aliphatic carbocycles. The van der Waals surface area contributed by atoms with Crippen LogP contribution in [0.25, 0.3) is 11.2 Å². The molecule has 9 nitrogen and oxygen atoms in total. The van der Waals surface area contributed by atoms with Crippen LogP contribution in [0.2, 0.25) is 0 Å². The summed E-state index contributed by atoms with van der Waals surface area (Å²) in [5.74, 6) is -0.618. The monoisotopic (exact) mass is 346 g/mol. The number of nitrogens with zero attached hydrogens (tertiary/aromatic N) is 3. The highest BCUT2D eigenvalue weighted by atomic mass is 32.2. The summed E-state index contributed by atoms with van der Waals surface area (Å²) in [6.07, 6.45) is 1.53. The largest absolute Gasteiger partial charge is 0.507 e. The Morgan fingerprint density at radius 3 is 3.00 bits per heavy atom. The fraction of sp³-hybridized carbons (Fsp3) is 0.143. The average molecular weight is 346 g/mol. The number of aromatic carboxylic acids is 1. The molecule has 0 amide bonds. The van der Waals surface area contributed by atoms with Gasteiger partial charge >= 0.3 is 5.97 Å². The van der Waals surface area contributed by atoms with Gasteiger partial charge < -0.3 is 26.2 Å². The number of phenols is 1. The van der Waals surface area contributed by atoms with Crippen molar-refractivity contribution in [2.24, 2.45) is 0 Å². The summed E-state index contributed by atoms with van der Waals surface area (Å²) in [5, 5.41) is 22.3. The van der Waals surface area contributed by atoms with Crippen LogP contribution in [0.3, 0.4) is 0 Å². The first-order valence-electron chi connectivity index (χ1n) is 6.94. The number of carboxylic acids is 1. The summed E-state index contributed by atoms with van der Waals surface area (Å²) in [5.41, 5.74) is 7.37. The highest BCUT2D eigenvalue weighted by Crippen LogP contribution is 2.24. The third-order valence-corrected chi connectivity index (χ3v) is 4.14. The van der Waals surface area contributed by atoms with Gasteiger partial charge in [-0.25, -0.2) is 14.8 Å². The molecule has 2 heterocycles. The molecule has 10 heteroatoms. The maximum atomic E-state index is 11.0. The lowest BCUT2D eigenvalue weighted by Crippen LogP contribution is -2.06. The van der Waals surface area contributed by atoms with Crippen molar-refractivity contribution in [2.45, 2.75) is 5.03 Å². The molecule has 0 aliphatic heterocycles. The number of H-pyrrole nitrogens is 1. The normalized spacial score (nSPS) is 10.8. The lowest BCUT2D eigenvalue weighted by molar-refractivity contribution is 0.0694. The van der Waals surface area contributed by atoms with Gasteiger partial charge in [-0.15, -0.1) is 11.8 Å². The number of nitrogens with two attached hydrogens (primary N) is 1. The second kappa shape index (κ2) is 6.62. The van der Waals surface area contributed by atoms with E-state index in [1.54, 1.807) is 6.07 Å². The maximum absolute atomic E-state index is 11.0. The first kappa shape index (κ1) is 15.9. The van der Waals surface area contributed by atoms with E-state index in [0.717, 1.165) is 5.52 Å². The van der Waals surface area contributed by atoms with Crippen LogP contribution < -0.4 is 11.1 Å². The Labute approximate surface area is 140 Å². The topological polar surface area (TPSA) is 150 Å². The molecule has 0 aliphatic rings. The SMILES string of the molecule is Nc1nc(SCCNc2ccc(O)c(C(=O)O)c2)c2[nH]cnc2n1. The second-order valence-electron chi connectivity index (χ2n) is 4.80. The number of aromatic nitrogens is 4. The van der Waals surface area contributed by atoms with Crippen LogP contribution in [0.5, 0.6) is 5.75 Å². The Hall–Kier alpha value is -3.01. The Morgan fingerprint density at radius 1 is 1.38 bits per heavy atom. The Morgan fingerprint density at radius 2 is 2.21 bits per heavy atom. The Kier molecular flexibility index (Phi) is 4.38. The van der Waals surface area contributed by atoms with Crippen molar-refractivity contribution in [3.63, 3.8) is 0 Å². The zero-order chi connectivity index (χ0) is 17.1.